The predicted octanol–water partition coefficient (Wildman–Crippen LogP) is 1.74. The van der Waals surface area contributed by atoms with Crippen LogP contribution in [0.2, 0.25) is 0 Å². The molecule has 0 aromatic heterocycles. The summed E-state index contributed by atoms with van der Waals surface area (Å²) in [5.74, 6) is -1.36. The molecule has 0 aliphatic rings. The molecule has 0 aliphatic heterocycles. The van der Waals surface area contributed by atoms with Gasteiger partial charge in [-0.15, -0.1) is 0 Å². The first-order chi connectivity index (χ1) is 8.30. The van der Waals surface area contributed by atoms with Crippen molar-refractivity contribution in [1.29, 1.82) is 0 Å². The topological polar surface area (TPSA) is 71.4 Å². The Morgan fingerprint density at radius 3 is 2.50 bits per heavy atom. The summed E-state index contributed by atoms with van der Waals surface area (Å²) in [5.41, 5.74) is 3.17. The van der Waals surface area contributed by atoms with Crippen molar-refractivity contribution in [3.63, 3.8) is 0 Å². The van der Waals surface area contributed by atoms with E-state index in [0.717, 1.165) is 16.7 Å². The third-order valence-corrected chi connectivity index (χ3v) is 4.47. The molecule has 1 aromatic carbocycles. The van der Waals surface area contributed by atoms with E-state index in [1.165, 1.54) is 0 Å². The number of sulfone groups is 1. The molecular formula is C13H18O4S. The molecule has 0 atom stereocenters. The van der Waals surface area contributed by atoms with E-state index in [0.29, 0.717) is 6.42 Å². The van der Waals surface area contributed by atoms with Crippen LogP contribution in [-0.4, -0.2) is 31.0 Å². The minimum absolute atomic E-state index is 0.00454. The van der Waals surface area contributed by atoms with Crippen LogP contribution in [0.4, 0.5) is 0 Å². The molecule has 100 valence electrons. The zero-order valence-corrected chi connectivity index (χ0v) is 11.5. The number of aryl methyl sites for hydroxylation is 3. The van der Waals surface area contributed by atoms with E-state index in [4.69, 9.17) is 5.11 Å². The standard InChI is InChI=1S/C13H18O4S/c1-10-3-4-11(2)12(9-10)5-7-18(16,17)8-6-13(14)15/h3-4,9H,5-8H2,1-2H3,(H,14,15). The number of hydrogen-bond acceptors (Lipinski definition) is 3. The largest absolute Gasteiger partial charge is 0.481 e. The molecule has 0 bridgehead atoms. The predicted molar refractivity (Wildman–Crippen MR) is 70.5 cm³/mol. The lowest BCUT2D eigenvalue weighted by atomic mass is 10.0. The number of carboxylic acid groups (broad SMARTS) is 1. The van der Waals surface area contributed by atoms with Crippen LogP contribution >= 0.6 is 0 Å². The summed E-state index contributed by atoms with van der Waals surface area (Å²) in [5, 5.41) is 8.48. The molecule has 1 N–H and O–H groups in total. The highest BCUT2D eigenvalue weighted by Crippen LogP contribution is 2.12. The molecule has 18 heavy (non-hydrogen) atoms. The molecule has 0 saturated carbocycles. The van der Waals surface area contributed by atoms with Gasteiger partial charge in [0.15, 0.2) is 9.84 Å². The quantitative estimate of drug-likeness (QED) is 0.854. The summed E-state index contributed by atoms with van der Waals surface area (Å²) in [4.78, 5) is 10.4. The Morgan fingerprint density at radius 1 is 1.22 bits per heavy atom. The Morgan fingerprint density at radius 2 is 1.89 bits per heavy atom. The van der Waals surface area contributed by atoms with Crippen LogP contribution in [0.1, 0.15) is 23.1 Å². The molecule has 1 aromatic rings. The van der Waals surface area contributed by atoms with Crippen molar-refractivity contribution < 1.29 is 18.3 Å². The van der Waals surface area contributed by atoms with E-state index in [9.17, 15) is 13.2 Å². The molecular weight excluding hydrogens is 252 g/mol. The van der Waals surface area contributed by atoms with Crippen LogP contribution in [0.3, 0.4) is 0 Å². The molecule has 4 nitrogen and oxygen atoms in total. The zero-order chi connectivity index (χ0) is 13.8. The second kappa shape index (κ2) is 6.00. The molecule has 0 saturated heterocycles. The van der Waals surface area contributed by atoms with Gasteiger partial charge in [0.25, 0.3) is 0 Å². The third kappa shape index (κ3) is 4.87. The van der Waals surface area contributed by atoms with Crippen LogP contribution in [0.5, 0.6) is 0 Å². The van der Waals surface area contributed by atoms with Gasteiger partial charge in [0, 0.05) is 0 Å². The lowest BCUT2D eigenvalue weighted by molar-refractivity contribution is -0.136. The molecule has 0 fully saturated rings. The summed E-state index contributed by atoms with van der Waals surface area (Å²) >= 11 is 0. The molecule has 0 heterocycles. The second-order valence-electron chi connectivity index (χ2n) is 4.48. The van der Waals surface area contributed by atoms with Gasteiger partial charge in [-0.2, -0.15) is 0 Å². The van der Waals surface area contributed by atoms with Crippen molar-refractivity contribution in [2.75, 3.05) is 11.5 Å². The van der Waals surface area contributed by atoms with Crippen molar-refractivity contribution in [3.8, 4) is 0 Å². The fraction of sp³-hybridized carbons (Fsp3) is 0.462. The number of aliphatic carboxylic acids is 1. The Bertz CT molecular complexity index is 532. The van der Waals surface area contributed by atoms with Crippen LogP contribution in [0, 0.1) is 13.8 Å². The molecule has 5 heteroatoms. The van der Waals surface area contributed by atoms with Crippen molar-refractivity contribution >= 4 is 15.8 Å². The summed E-state index contributed by atoms with van der Waals surface area (Å²) in [6, 6.07) is 5.92. The summed E-state index contributed by atoms with van der Waals surface area (Å²) in [7, 11) is -3.29. The number of hydrogen-bond donors (Lipinski definition) is 1. The van der Waals surface area contributed by atoms with Gasteiger partial charge in [0.05, 0.1) is 17.9 Å². The van der Waals surface area contributed by atoms with E-state index in [-0.39, 0.29) is 17.9 Å². The van der Waals surface area contributed by atoms with Gasteiger partial charge < -0.3 is 5.11 Å². The first-order valence-electron chi connectivity index (χ1n) is 5.78. The lowest BCUT2D eigenvalue weighted by Gasteiger charge is -2.07. The van der Waals surface area contributed by atoms with Crippen molar-refractivity contribution in [2.45, 2.75) is 26.7 Å². The van der Waals surface area contributed by atoms with Crippen LogP contribution in [0.25, 0.3) is 0 Å². The summed E-state index contributed by atoms with van der Waals surface area (Å²) in [6.45, 7) is 3.90. The maximum atomic E-state index is 11.6. The Hall–Kier alpha value is -1.36. The Kier molecular flexibility index (Phi) is 4.90. The summed E-state index contributed by atoms with van der Waals surface area (Å²) < 4.78 is 23.3. The van der Waals surface area contributed by atoms with E-state index in [2.05, 4.69) is 0 Å². The number of carbonyl (C=O) groups is 1. The maximum Gasteiger partial charge on any atom is 0.304 e. The van der Waals surface area contributed by atoms with E-state index in [1.807, 2.05) is 32.0 Å². The van der Waals surface area contributed by atoms with Gasteiger partial charge in [-0.05, 0) is 31.4 Å². The van der Waals surface area contributed by atoms with Gasteiger partial charge in [-0.3, -0.25) is 4.79 Å². The molecule has 0 radical (unpaired) electrons. The second-order valence-corrected chi connectivity index (χ2v) is 6.78. The van der Waals surface area contributed by atoms with Gasteiger partial charge in [0.2, 0.25) is 0 Å². The number of carboxylic acids is 1. The highest BCUT2D eigenvalue weighted by atomic mass is 32.2. The third-order valence-electron chi connectivity index (χ3n) is 2.81. The molecule has 0 aliphatic carbocycles. The normalized spacial score (nSPS) is 11.4. The van der Waals surface area contributed by atoms with Crippen molar-refractivity contribution in [3.05, 3.63) is 34.9 Å². The smallest absolute Gasteiger partial charge is 0.304 e. The monoisotopic (exact) mass is 270 g/mol. The van der Waals surface area contributed by atoms with Gasteiger partial charge in [-0.1, -0.05) is 23.8 Å². The van der Waals surface area contributed by atoms with Crippen LogP contribution < -0.4 is 0 Å². The molecule has 0 unspecified atom stereocenters. The fourth-order valence-electron chi connectivity index (χ4n) is 1.68. The summed E-state index contributed by atoms with van der Waals surface area (Å²) in [6.07, 6.45) is 0.116. The molecule has 1 rings (SSSR count). The highest BCUT2D eigenvalue weighted by Gasteiger charge is 2.13. The van der Waals surface area contributed by atoms with E-state index >= 15 is 0 Å². The van der Waals surface area contributed by atoms with E-state index < -0.39 is 15.8 Å². The average molecular weight is 270 g/mol. The Labute approximate surface area is 108 Å². The van der Waals surface area contributed by atoms with Gasteiger partial charge in [0.1, 0.15) is 0 Å². The Balaban J connectivity index is 2.64. The molecule has 0 amide bonds. The highest BCUT2D eigenvalue weighted by molar-refractivity contribution is 7.91. The fourth-order valence-corrected chi connectivity index (χ4v) is 2.90. The van der Waals surface area contributed by atoms with Crippen molar-refractivity contribution in [1.82, 2.24) is 0 Å². The number of benzene rings is 1. The molecule has 0 spiro atoms. The van der Waals surface area contributed by atoms with Crippen LogP contribution in [0.15, 0.2) is 18.2 Å². The zero-order valence-electron chi connectivity index (χ0n) is 10.6. The lowest BCUT2D eigenvalue weighted by Crippen LogP contribution is -2.16. The average Bonchev–Trinajstić information content (AvgIpc) is 2.28. The van der Waals surface area contributed by atoms with Gasteiger partial charge in [-0.25, -0.2) is 8.42 Å². The first-order valence-corrected chi connectivity index (χ1v) is 7.60. The van der Waals surface area contributed by atoms with Gasteiger partial charge >= 0.3 is 5.97 Å². The minimum Gasteiger partial charge on any atom is -0.481 e. The van der Waals surface area contributed by atoms with Crippen molar-refractivity contribution in [2.24, 2.45) is 0 Å². The SMILES string of the molecule is Cc1ccc(C)c(CCS(=O)(=O)CCC(=O)O)c1. The van der Waals surface area contributed by atoms with E-state index in [1.54, 1.807) is 0 Å². The first kappa shape index (κ1) is 14.7. The minimum atomic E-state index is -3.29. The number of rotatable bonds is 6. The van der Waals surface area contributed by atoms with Crippen LogP contribution in [-0.2, 0) is 21.1 Å². The maximum absolute atomic E-state index is 11.6.